The molecule has 0 aromatic heterocycles. The maximum Gasteiger partial charge on any atom is 0.244 e. The quantitative estimate of drug-likeness (QED) is 0.926. The number of carbonyl (C=O) groups is 1. The summed E-state index contributed by atoms with van der Waals surface area (Å²) in [6, 6.07) is 8.95. The van der Waals surface area contributed by atoms with Gasteiger partial charge in [0.05, 0.1) is 12.7 Å². The van der Waals surface area contributed by atoms with Crippen molar-refractivity contribution in [3.63, 3.8) is 0 Å². The van der Waals surface area contributed by atoms with Crippen molar-refractivity contribution in [3.05, 3.63) is 35.9 Å². The monoisotopic (exact) mass is 298 g/mol. The van der Waals surface area contributed by atoms with Crippen LogP contribution in [0.15, 0.2) is 30.3 Å². The number of rotatable bonds is 4. The minimum Gasteiger partial charge on any atom is -0.375 e. The first kappa shape index (κ1) is 17.0. The van der Waals surface area contributed by atoms with Crippen LogP contribution in [0.25, 0.3) is 0 Å². The number of nitrogens with zero attached hydrogens (tertiary/aromatic N) is 1. The van der Waals surface area contributed by atoms with Crippen LogP contribution in [-0.4, -0.2) is 36.6 Å². The van der Waals surface area contributed by atoms with Crippen molar-refractivity contribution >= 4 is 18.3 Å². The summed E-state index contributed by atoms with van der Waals surface area (Å²) >= 11 is 0. The van der Waals surface area contributed by atoms with E-state index in [9.17, 15) is 4.79 Å². The first-order valence-corrected chi connectivity index (χ1v) is 6.93. The highest BCUT2D eigenvalue weighted by atomic mass is 35.5. The van der Waals surface area contributed by atoms with Crippen LogP contribution in [0.3, 0.4) is 0 Å². The Balaban J connectivity index is 0.00000200. The predicted octanol–water partition coefficient (Wildman–Crippen LogP) is 2.14. The Morgan fingerprint density at radius 3 is 2.80 bits per heavy atom. The molecule has 0 aliphatic carbocycles. The average molecular weight is 299 g/mol. The molecule has 5 heteroatoms. The number of amides is 1. The van der Waals surface area contributed by atoms with E-state index in [0.29, 0.717) is 19.7 Å². The number of benzene rings is 1. The largest absolute Gasteiger partial charge is 0.375 e. The lowest BCUT2D eigenvalue weighted by Gasteiger charge is -2.34. The van der Waals surface area contributed by atoms with E-state index in [1.54, 1.807) is 0 Å². The molecule has 2 unspecified atom stereocenters. The number of hydrogen-bond donors (Lipinski definition) is 1. The number of nitrogens with two attached hydrogens (primary N) is 1. The molecule has 2 atom stereocenters. The van der Waals surface area contributed by atoms with Gasteiger partial charge in [-0.15, -0.1) is 12.4 Å². The summed E-state index contributed by atoms with van der Waals surface area (Å²) in [6.07, 6.45) is 2.22. The maximum absolute atomic E-state index is 12.4. The first-order valence-electron chi connectivity index (χ1n) is 6.93. The zero-order chi connectivity index (χ0) is 13.7. The lowest BCUT2D eigenvalue weighted by atomic mass is 10.1. The molecule has 1 aromatic carbocycles. The summed E-state index contributed by atoms with van der Waals surface area (Å²) in [5, 5.41) is 0. The number of hydrogen-bond acceptors (Lipinski definition) is 3. The predicted molar refractivity (Wildman–Crippen MR) is 81.8 cm³/mol. The highest BCUT2D eigenvalue weighted by Gasteiger charge is 2.27. The van der Waals surface area contributed by atoms with Gasteiger partial charge < -0.3 is 15.4 Å². The molecule has 1 aliphatic heterocycles. The molecule has 20 heavy (non-hydrogen) atoms. The van der Waals surface area contributed by atoms with Gasteiger partial charge in [-0.2, -0.15) is 0 Å². The molecule has 1 aromatic rings. The second kappa shape index (κ2) is 8.25. The summed E-state index contributed by atoms with van der Waals surface area (Å²) in [4.78, 5) is 14.2. The molecule has 1 heterocycles. The van der Waals surface area contributed by atoms with Crippen LogP contribution in [0.2, 0.25) is 0 Å². The van der Waals surface area contributed by atoms with E-state index >= 15 is 0 Å². The highest BCUT2D eigenvalue weighted by Crippen LogP contribution is 2.17. The second-order valence-corrected chi connectivity index (χ2v) is 4.95. The Morgan fingerprint density at radius 1 is 1.45 bits per heavy atom. The van der Waals surface area contributed by atoms with Crippen LogP contribution in [0, 0.1) is 0 Å². The molecule has 4 nitrogen and oxygen atoms in total. The number of carbonyl (C=O) groups excluding carboxylic acids is 1. The fraction of sp³-hybridized carbons (Fsp3) is 0.533. The molecule has 112 valence electrons. The molecule has 0 bridgehead atoms. The molecule has 1 saturated heterocycles. The Hall–Kier alpha value is -1.10. The number of halogens is 1. The van der Waals surface area contributed by atoms with Crippen molar-refractivity contribution in [1.29, 1.82) is 0 Å². The Labute approximate surface area is 126 Å². The van der Waals surface area contributed by atoms with Crippen LogP contribution < -0.4 is 5.73 Å². The summed E-state index contributed by atoms with van der Waals surface area (Å²) in [7, 11) is 0. The smallest absolute Gasteiger partial charge is 0.244 e. The van der Waals surface area contributed by atoms with Gasteiger partial charge in [0.1, 0.15) is 6.04 Å². The van der Waals surface area contributed by atoms with Gasteiger partial charge in [0, 0.05) is 13.1 Å². The van der Waals surface area contributed by atoms with Crippen molar-refractivity contribution < 1.29 is 9.53 Å². The van der Waals surface area contributed by atoms with E-state index in [-0.39, 0.29) is 24.4 Å². The van der Waals surface area contributed by atoms with E-state index in [0.717, 1.165) is 18.4 Å². The second-order valence-electron chi connectivity index (χ2n) is 4.95. The van der Waals surface area contributed by atoms with E-state index in [2.05, 4.69) is 6.92 Å². The van der Waals surface area contributed by atoms with Gasteiger partial charge in [0.2, 0.25) is 5.91 Å². The van der Waals surface area contributed by atoms with Crippen molar-refractivity contribution in [1.82, 2.24) is 4.90 Å². The fourth-order valence-corrected chi connectivity index (χ4v) is 2.42. The van der Waals surface area contributed by atoms with Gasteiger partial charge in [-0.05, 0) is 12.0 Å². The van der Waals surface area contributed by atoms with E-state index in [1.165, 1.54) is 0 Å². The zero-order valence-corrected chi connectivity index (χ0v) is 12.6. The van der Waals surface area contributed by atoms with Gasteiger partial charge in [-0.3, -0.25) is 4.79 Å². The van der Waals surface area contributed by atoms with Crippen molar-refractivity contribution in [2.45, 2.75) is 31.9 Å². The number of morpholine rings is 1. The fourth-order valence-electron chi connectivity index (χ4n) is 2.42. The standard InChI is InChI=1S/C15H22N2O2.ClH/c1-2-6-13-11-17(9-10-19-13)15(18)14(16)12-7-4-3-5-8-12;/h3-5,7-8,13-14H,2,6,9-11,16H2,1H3;1H. The van der Waals surface area contributed by atoms with Crippen molar-refractivity contribution in [2.24, 2.45) is 5.73 Å². The Kier molecular flexibility index (Phi) is 6.99. The number of ether oxygens (including phenoxy) is 1. The lowest BCUT2D eigenvalue weighted by Crippen LogP contribution is -2.48. The summed E-state index contributed by atoms with van der Waals surface area (Å²) < 4.78 is 5.65. The molecular formula is C15H23ClN2O2. The van der Waals surface area contributed by atoms with Crippen molar-refractivity contribution in [2.75, 3.05) is 19.7 Å². The third-order valence-electron chi connectivity index (χ3n) is 3.49. The Bertz CT molecular complexity index is 412. The van der Waals surface area contributed by atoms with E-state index < -0.39 is 6.04 Å². The molecule has 0 radical (unpaired) electrons. The first-order chi connectivity index (χ1) is 9.22. The van der Waals surface area contributed by atoms with Gasteiger partial charge >= 0.3 is 0 Å². The lowest BCUT2D eigenvalue weighted by molar-refractivity contribution is -0.140. The highest BCUT2D eigenvalue weighted by molar-refractivity contribution is 5.85. The maximum atomic E-state index is 12.4. The van der Waals surface area contributed by atoms with Crippen LogP contribution in [-0.2, 0) is 9.53 Å². The average Bonchev–Trinajstić information content (AvgIpc) is 2.47. The minimum atomic E-state index is -0.568. The van der Waals surface area contributed by atoms with Gasteiger partial charge in [-0.1, -0.05) is 43.7 Å². The van der Waals surface area contributed by atoms with Crippen LogP contribution in [0.5, 0.6) is 0 Å². The minimum absolute atomic E-state index is 0. The van der Waals surface area contributed by atoms with Crippen LogP contribution >= 0.6 is 12.4 Å². The Morgan fingerprint density at radius 2 is 2.15 bits per heavy atom. The van der Waals surface area contributed by atoms with E-state index in [1.807, 2.05) is 35.2 Å². The van der Waals surface area contributed by atoms with Crippen LogP contribution in [0.1, 0.15) is 31.4 Å². The van der Waals surface area contributed by atoms with Gasteiger partial charge in [-0.25, -0.2) is 0 Å². The van der Waals surface area contributed by atoms with Gasteiger partial charge in [0.15, 0.2) is 0 Å². The SMILES string of the molecule is CCCC1CN(C(=O)C(N)c2ccccc2)CCO1.Cl. The molecule has 1 amide bonds. The molecule has 1 fully saturated rings. The topological polar surface area (TPSA) is 55.6 Å². The van der Waals surface area contributed by atoms with Gasteiger partial charge in [0.25, 0.3) is 0 Å². The molecule has 0 saturated carbocycles. The summed E-state index contributed by atoms with van der Waals surface area (Å²) in [5.74, 6) is -0.00407. The third kappa shape index (κ3) is 4.20. The molecular weight excluding hydrogens is 276 g/mol. The van der Waals surface area contributed by atoms with E-state index in [4.69, 9.17) is 10.5 Å². The third-order valence-corrected chi connectivity index (χ3v) is 3.49. The summed E-state index contributed by atoms with van der Waals surface area (Å²) in [5.41, 5.74) is 6.92. The summed E-state index contributed by atoms with van der Waals surface area (Å²) in [6.45, 7) is 4.03. The zero-order valence-electron chi connectivity index (χ0n) is 11.8. The molecule has 1 aliphatic rings. The van der Waals surface area contributed by atoms with Crippen molar-refractivity contribution in [3.8, 4) is 0 Å². The molecule has 2 rings (SSSR count). The normalized spacial score (nSPS) is 20.1. The van der Waals surface area contributed by atoms with Crippen LogP contribution in [0.4, 0.5) is 0 Å². The molecule has 0 spiro atoms. The molecule has 2 N–H and O–H groups in total.